The van der Waals surface area contributed by atoms with E-state index in [0.717, 1.165) is 5.57 Å². The number of nitrogens with one attached hydrogen (secondary N) is 2. The van der Waals surface area contributed by atoms with Gasteiger partial charge in [-0.3, -0.25) is 9.59 Å². The van der Waals surface area contributed by atoms with E-state index in [2.05, 4.69) is 10.6 Å². The topological polar surface area (TPSA) is 142 Å². The number of rotatable bonds is 11. The fourth-order valence-electron chi connectivity index (χ4n) is 3.68. The zero-order chi connectivity index (χ0) is 24.4. The van der Waals surface area contributed by atoms with Crippen molar-refractivity contribution in [1.29, 1.82) is 0 Å². The average molecular weight is 461 g/mol. The minimum Gasteiger partial charge on any atom is -0.481 e. The van der Waals surface area contributed by atoms with Gasteiger partial charge in [-0.15, -0.1) is 0 Å². The first kappa shape index (κ1) is 25.9. The molecule has 5 atom stereocenters. The lowest BCUT2D eigenvalue weighted by molar-refractivity contribution is -0.142. The molecule has 0 radical (unpaired) electrons. The fourth-order valence-corrected chi connectivity index (χ4v) is 3.68. The third-order valence-electron chi connectivity index (χ3n) is 5.66. The van der Waals surface area contributed by atoms with Crippen LogP contribution in [0, 0.1) is 17.8 Å². The first-order chi connectivity index (χ1) is 15.7. The summed E-state index contributed by atoms with van der Waals surface area (Å²) in [5.74, 6) is -2.68. The van der Waals surface area contributed by atoms with Crippen molar-refractivity contribution in [1.82, 2.24) is 10.6 Å². The van der Waals surface area contributed by atoms with E-state index in [9.17, 15) is 24.3 Å². The molecule has 0 spiro atoms. The van der Waals surface area contributed by atoms with Crippen molar-refractivity contribution in [2.45, 2.75) is 51.6 Å². The van der Waals surface area contributed by atoms with Crippen LogP contribution >= 0.6 is 0 Å². The van der Waals surface area contributed by atoms with Gasteiger partial charge in [-0.1, -0.05) is 62.0 Å². The van der Waals surface area contributed by atoms with Crippen molar-refractivity contribution in [2.24, 2.45) is 17.8 Å². The van der Waals surface area contributed by atoms with E-state index in [1.165, 1.54) is 0 Å². The number of carbonyl (C=O) groups is 4. The minimum atomic E-state index is -1.24. The quantitative estimate of drug-likeness (QED) is 0.371. The number of carboxylic acid groups (broad SMARTS) is 2. The maximum atomic E-state index is 12.8. The van der Waals surface area contributed by atoms with Crippen LogP contribution in [-0.2, 0) is 19.1 Å². The van der Waals surface area contributed by atoms with Gasteiger partial charge in [0.05, 0.1) is 6.61 Å². The molecule has 0 aromatic carbocycles. The smallest absolute Gasteiger partial charge is 0.407 e. The van der Waals surface area contributed by atoms with Gasteiger partial charge in [0.25, 0.3) is 0 Å². The van der Waals surface area contributed by atoms with Crippen LogP contribution in [0.25, 0.3) is 0 Å². The van der Waals surface area contributed by atoms with Gasteiger partial charge < -0.3 is 25.6 Å². The summed E-state index contributed by atoms with van der Waals surface area (Å²) in [6, 6.07) is -2.44. The third kappa shape index (κ3) is 8.96. The van der Waals surface area contributed by atoms with E-state index in [0.29, 0.717) is 6.42 Å². The molecule has 2 aliphatic rings. The number of carboxylic acids is 2. The molecule has 0 aromatic heterocycles. The lowest BCUT2D eigenvalue weighted by atomic mass is 9.91. The molecule has 9 heteroatoms. The van der Waals surface area contributed by atoms with E-state index >= 15 is 0 Å². The Hall–Kier alpha value is -3.36. The summed E-state index contributed by atoms with van der Waals surface area (Å²) in [7, 11) is 0. The summed E-state index contributed by atoms with van der Waals surface area (Å²) in [5.41, 5.74) is 0.885. The van der Waals surface area contributed by atoms with Crippen LogP contribution in [0.2, 0.25) is 0 Å². The van der Waals surface area contributed by atoms with Gasteiger partial charge in [-0.25, -0.2) is 9.59 Å². The van der Waals surface area contributed by atoms with Crippen LogP contribution < -0.4 is 10.6 Å². The second-order valence-electron chi connectivity index (χ2n) is 8.52. The van der Waals surface area contributed by atoms with Crippen LogP contribution in [-0.4, -0.2) is 52.8 Å². The van der Waals surface area contributed by atoms with Gasteiger partial charge in [0, 0.05) is 12.3 Å². The molecule has 3 unspecified atom stereocenters. The van der Waals surface area contributed by atoms with E-state index in [-0.39, 0.29) is 43.6 Å². The Balaban J connectivity index is 1.98. The Labute approximate surface area is 193 Å². The highest BCUT2D eigenvalue weighted by molar-refractivity contribution is 5.89. The Morgan fingerprint density at radius 2 is 1.76 bits per heavy atom. The summed E-state index contributed by atoms with van der Waals surface area (Å²) >= 11 is 0. The third-order valence-corrected chi connectivity index (χ3v) is 5.66. The number of alkyl carbamates (subject to hydrolysis) is 1. The number of amides is 2. The summed E-state index contributed by atoms with van der Waals surface area (Å²) in [6.45, 7) is 4.09. The SMILES string of the molecule is CC1C=CC=C(C[C@H](NC(=O)[C@H](CCC(=O)O)NC(=O)OCC2C=CC=CC2C)C(=O)O)C1. The van der Waals surface area contributed by atoms with Crippen LogP contribution in [0.3, 0.4) is 0 Å². The van der Waals surface area contributed by atoms with Crippen molar-refractivity contribution in [2.75, 3.05) is 6.61 Å². The van der Waals surface area contributed by atoms with E-state index in [1.54, 1.807) is 0 Å². The highest BCUT2D eigenvalue weighted by Gasteiger charge is 2.29. The molecule has 2 aliphatic carbocycles. The minimum absolute atomic E-state index is 0.0105. The van der Waals surface area contributed by atoms with E-state index in [1.807, 2.05) is 56.4 Å². The molecule has 2 rings (SSSR count). The molecule has 2 amide bonds. The lowest BCUT2D eigenvalue weighted by Crippen LogP contribution is -2.52. The molecule has 9 nitrogen and oxygen atoms in total. The average Bonchev–Trinajstić information content (AvgIpc) is 2.75. The van der Waals surface area contributed by atoms with Crippen molar-refractivity contribution in [3.05, 3.63) is 48.1 Å². The normalized spacial score (nSPS) is 23.2. The highest BCUT2D eigenvalue weighted by Crippen LogP contribution is 2.22. The van der Waals surface area contributed by atoms with Crippen molar-refractivity contribution < 1.29 is 34.1 Å². The Morgan fingerprint density at radius 1 is 1.03 bits per heavy atom. The number of ether oxygens (including phenoxy) is 1. The molecule has 0 bridgehead atoms. The Morgan fingerprint density at radius 3 is 2.39 bits per heavy atom. The number of carbonyl (C=O) groups excluding carboxylic acids is 2. The van der Waals surface area contributed by atoms with Gasteiger partial charge in [-0.2, -0.15) is 0 Å². The van der Waals surface area contributed by atoms with Crippen molar-refractivity contribution in [3.8, 4) is 0 Å². The summed E-state index contributed by atoms with van der Waals surface area (Å²) in [6.07, 6.45) is 12.7. The second kappa shape index (κ2) is 12.6. The highest BCUT2D eigenvalue weighted by atomic mass is 16.5. The van der Waals surface area contributed by atoms with Crippen molar-refractivity contribution >= 4 is 23.9 Å². The Bertz CT molecular complexity index is 859. The summed E-state index contributed by atoms with van der Waals surface area (Å²) in [5, 5.41) is 23.4. The first-order valence-corrected chi connectivity index (χ1v) is 11.0. The maximum absolute atomic E-state index is 12.8. The first-order valence-electron chi connectivity index (χ1n) is 11.0. The van der Waals surface area contributed by atoms with Crippen LogP contribution in [0.15, 0.2) is 48.1 Å². The van der Waals surface area contributed by atoms with Crippen molar-refractivity contribution in [3.63, 3.8) is 0 Å². The molecule has 0 heterocycles. The van der Waals surface area contributed by atoms with Gasteiger partial charge in [0.1, 0.15) is 12.1 Å². The zero-order valence-corrected chi connectivity index (χ0v) is 18.9. The molecule has 0 saturated carbocycles. The molecular weight excluding hydrogens is 428 g/mol. The maximum Gasteiger partial charge on any atom is 0.407 e. The van der Waals surface area contributed by atoms with Crippen LogP contribution in [0.4, 0.5) is 4.79 Å². The number of hydrogen-bond donors (Lipinski definition) is 4. The number of aliphatic carboxylic acids is 2. The van der Waals surface area contributed by atoms with Crippen LogP contribution in [0.5, 0.6) is 0 Å². The largest absolute Gasteiger partial charge is 0.481 e. The predicted molar refractivity (Wildman–Crippen MR) is 121 cm³/mol. The molecular formula is C24H32N2O7. The van der Waals surface area contributed by atoms with Gasteiger partial charge >= 0.3 is 18.0 Å². The molecule has 0 aromatic rings. The fraction of sp³-hybridized carbons (Fsp3) is 0.500. The number of allylic oxidation sites excluding steroid dienone is 6. The number of hydrogen-bond acceptors (Lipinski definition) is 5. The van der Waals surface area contributed by atoms with E-state index in [4.69, 9.17) is 9.84 Å². The lowest BCUT2D eigenvalue weighted by Gasteiger charge is -2.24. The summed E-state index contributed by atoms with van der Waals surface area (Å²) in [4.78, 5) is 47.8. The molecule has 0 saturated heterocycles. The van der Waals surface area contributed by atoms with Gasteiger partial charge in [-0.05, 0) is 31.1 Å². The van der Waals surface area contributed by atoms with Gasteiger partial charge in [0.2, 0.25) is 5.91 Å². The Kier molecular flexibility index (Phi) is 9.90. The second-order valence-corrected chi connectivity index (χ2v) is 8.52. The molecule has 33 heavy (non-hydrogen) atoms. The molecule has 0 fully saturated rings. The zero-order valence-electron chi connectivity index (χ0n) is 18.9. The molecule has 4 N–H and O–H groups in total. The van der Waals surface area contributed by atoms with E-state index < -0.39 is 36.0 Å². The molecule has 180 valence electrons. The standard InChI is InChI=1S/C24H32N2O7/c1-15-6-5-8-17(12-15)13-20(23(30)31)25-22(29)19(10-11-21(27)28)26-24(32)33-14-18-9-4-3-7-16(18)2/h3-9,15-16,18-20H,10-14H2,1-2H3,(H,25,29)(H,26,32)(H,27,28)(H,30,31)/t15?,16?,18?,19-,20-/m0/s1. The van der Waals surface area contributed by atoms with Crippen LogP contribution in [0.1, 0.15) is 39.5 Å². The summed E-state index contributed by atoms with van der Waals surface area (Å²) < 4.78 is 5.23. The monoisotopic (exact) mass is 460 g/mol. The predicted octanol–water partition coefficient (Wildman–Crippen LogP) is 2.81. The van der Waals surface area contributed by atoms with Gasteiger partial charge in [0.15, 0.2) is 0 Å². The molecule has 0 aliphatic heterocycles.